The summed E-state index contributed by atoms with van der Waals surface area (Å²) in [5.74, 6) is 6.25. The summed E-state index contributed by atoms with van der Waals surface area (Å²) in [6.45, 7) is 0.183. The van der Waals surface area contributed by atoms with Gasteiger partial charge in [0.15, 0.2) is 0 Å². The van der Waals surface area contributed by atoms with E-state index in [0.717, 1.165) is 0 Å². The minimum atomic E-state index is -3.61. The molecule has 20 heavy (non-hydrogen) atoms. The molecule has 0 radical (unpaired) electrons. The van der Waals surface area contributed by atoms with E-state index in [1.54, 1.807) is 17.0 Å². The van der Waals surface area contributed by atoms with Gasteiger partial charge in [-0.25, -0.2) is 24.2 Å². The van der Waals surface area contributed by atoms with Gasteiger partial charge in [-0.1, -0.05) is 0 Å². The molecule has 0 aliphatic rings. The normalized spacial score (nSPS) is 11.8. The maximum Gasteiger partial charge on any atom is 0.244 e. The molecule has 0 unspecified atom stereocenters. The van der Waals surface area contributed by atoms with Crippen LogP contribution in [0.1, 0.15) is 5.82 Å². The Balaban J connectivity index is 2.22. The number of nitrogen functional groups attached to an aromatic ring is 1. The Morgan fingerprint density at radius 3 is 2.65 bits per heavy atom. The van der Waals surface area contributed by atoms with Crippen LogP contribution < -0.4 is 11.3 Å². The van der Waals surface area contributed by atoms with Crippen LogP contribution in [-0.2, 0) is 23.6 Å². The summed E-state index contributed by atoms with van der Waals surface area (Å²) in [6.07, 6.45) is 4.65. The van der Waals surface area contributed by atoms with Crippen molar-refractivity contribution in [3.05, 3.63) is 36.5 Å². The molecule has 2 aromatic rings. The van der Waals surface area contributed by atoms with Crippen molar-refractivity contribution in [1.29, 1.82) is 0 Å². The first-order valence-electron chi connectivity index (χ1n) is 5.80. The summed E-state index contributed by atoms with van der Waals surface area (Å²) in [6, 6.07) is 2.95. The fourth-order valence-electron chi connectivity index (χ4n) is 1.63. The van der Waals surface area contributed by atoms with Gasteiger partial charge in [-0.2, -0.15) is 4.31 Å². The second kappa shape index (κ2) is 5.57. The lowest BCUT2D eigenvalue weighted by Crippen LogP contribution is -2.28. The average molecular weight is 296 g/mol. The molecule has 0 saturated carbocycles. The molecule has 0 amide bonds. The standard InChI is InChI=1S/C11H16N6O2S/c1-16-6-5-13-11(16)8-17(2)20(18,19)9-3-4-10(15-12)14-7-9/h3-7H,8,12H2,1-2H3,(H,14,15). The Bertz CT molecular complexity index is 679. The van der Waals surface area contributed by atoms with Gasteiger partial charge in [0.25, 0.3) is 0 Å². The second-order valence-electron chi connectivity index (χ2n) is 4.24. The van der Waals surface area contributed by atoms with Crippen molar-refractivity contribution in [3.8, 4) is 0 Å². The number of nitrogens with one attached hydrogen (secondary N) is 1. The molecule has 2 aromatic heterocycles. The molecule has 0 fully saturated rings. The van der Waals surface area contributed by atoms with Gasteiger partial charge in [-0.15, -0.1) is 0 Å². The van der Waals surface area contributed by atoms with Crippen molar-refractivity contribution < 1.29 is 8.42 Å². The molecule has 0 spiro atoms. The summed E-state index contributed by atoms with van der Waals surface area (Å²) < 4.78 is 27.7. The van der Waals surface area contributed by atoms with Crippen molar-refractivity contribution in [1.82, 2.24) is 18.8 Å². The van der Waals surface area contributed by atoms with E-state index in [9.17, 15) is 8.42 Å². The summed E-state index contributed by atoms with van der Waals surface area (Å²) in [4.78, 5) is 8.11. The molecule has 2 heterocycles. The van der Waals surface area contributed by atoms with E-state index in [2.05, 4.69) is 15.4 Å². The molecule has 8 nitrogen and oxygen atoms in total. The molecule has 0 aliphatic heterocycles. The number of hydrogen-bond donors (Lipinski definition) is 2. The van der Waals surface area contributed by atoms with E-state index in [-0.39, 0.29) is 11.4 Å². The van der Waals surface area contributed by atoms with Gasteiger partial charge in [-0.3, -0.25) is 0 Å². The van der Waals surface area contributed by atoms with Gasteiger partial charge < -0.3 is 9.99 Å². The van der Waals surface area contributed by atoms with Crippen LogP contribution in [0.3, 0.4) is 0 Å². The third-order valence-corrected chi connectivity index (χ3v) is 4.66. The quantitative estimate of drug-likeness (QED) is 0.590. The van der Waals surface area contributed by atoms with Gasteiger partial charge in [0.2, 0.25) is 10.0 Å². The zero-order valence-corrected chi connectivity index (χ0v) is 12.0. The van der Waals surface area contributed by atoms with E-state index < -0.39 is 10.0 Å². The van der Waals surface area contributed by atoms with Crippen molar-refractivity contribution in [2.45, 2.75) is 11.4 Å². The van der Waals surface area contributed by atoms with Gasteiger partial charge in [0, 0.05) is 32.7 Å². The molecule has 108 valence electrons. The van der Waals surface area contributed by atoms with Crippen LogP contribution in [0.15, 0.2) is 35.6 Å². The summed E-state index contributed by atoms with van der Waals surface area (Å²) in [5, 5.41) is 0. The summed E-state index contributed by atoms with van der Waals surface area (Å²) in [5.41, 5.74) is 2.35. The number of aromatic nitrogens is 3. The fraction of sp³-hybridized carbons (Fsp3) is 0.273. The van der Waals surface area contributed by atoms with Gasteiger partial charge >= 0.3 is 0 Å². The predicted octanol–water partition coefficient (Wildman–Crippen LogP) is -0.0786. The lowest BCUT2D eigenvalue weighted by Gasteiger charge is -2.16. The first-order chi connectivity index (χ1) is 9.45. The first-order valence-corrected chi connectivity index (χ1v) is 7.24. The topological polar surface area (TPSA) is 106 Å². The van der Waals surface area contributed by atoms with Crippen molar-refractivity contribution in [3.63, 3.8) is 0 Å². The molecule has 9 heteroatoms. The summed E-state index contributed by atoms with van der Waals surface area (Å²) >= 11 is 0. The maximum absolute atomic E-state index is 12.4. The SMILES string of the molecule is CN(Cc1nccn1C)S(=O)(=O)c1ccc(NN)nc1. The summed E-state index contributed by atoms with van der Waals surface area (Å²) in [7, 11) is -0.297. The fourth-order valence-corrected chi connectivity index (χ4v) is 2.70. The molecular formula is C11H16N6O2S. The molecule has 0 aromatic carbocycles. The van der Waals surface area contributed by atoms with Crippen LogP contribution in [0.25, 0.3) is 0 Å². The number of hydrazine groups is 1. The third-order valence-electron chi connectivity index (χ3n) is 2.88. The number of aryl methyl sites for hydroxylation is 1. The van der Waals surface area contributed by atoms with Crippen LogP contribution >= 0.6 is 0 Å². The van der Waals surface area contributed by atoms with Crippen LogP contribution in [0.4, 0.5) is 5.82 Å². The van der Waals surface area contributed by atoms with E-state index >= 15 is 0 Å². The van der Waals surface area contributed by atoms with E-state index in [4.69, 9.17) is 5.84 Å². The number of imidazole rings is 1. The monoisotopic (exact) mass is 296 g/mol. The van der Waals surface area contributed by atoms with Gasteiger partial charge in [-0.05, 0) is 12.1 Å². The van der Waals surface area contributed by atoms with E-state index in [1.165, 1.54) is 29.7 Å². The third kappa shape index (κ3) is 2.79. The Hall–Kier alpha value is -1.97. The van der Waals surface area contributed by atoms with Crippen LogP contribution in [-0.4, -0.2) is 34.3 Å². The lowest BCUT2D eigenvalue weighted by atomic mass is 10.5. The first kappa shape index (κ1) is 14.4. The van der Waals surface area contributed by atoms with E-state index in [0.29, 0.717) is 11.6 Å². The minimum absolute atomic E-state index is 0.105. The number of pyridine rings is 1. The van der Waals surface area contributed by atoms with Gasteiger partial charge in [0.1, 0.15) is 16.5 Å². The zero-order chi connectivity index (χ0) is 14.8. The smallest absolute Gasteiger partial charge is 0.244 e. The number of nitrogens with zero attached hydrogens (tertiary/aromatic N) is 4. The number of anilines is 1. The Morgan fingerprint density at radius 1 is 1.40 bits per heavy atom. The van der Waals surface area contributed by atoms with Crippen LogP contribution in [0.2, 0.25) is 0 Å². The van der Waals surface area contributed by atoms with Crippen LogP contribution in [0.5, 0.6) is 0 Å². The zero-order valence-electron chi connectivity index (χ0n) is 11.2. The molecule has 0 bridgehead atoms. The van der Waals surface area contributed by atoms with Crippen molar-refractivity contribution in [2.75, 3.05) is 12.5 Å². The van der Waals surface area contributed by atoms with E-state index in [1.807, 2.05) is 7.05 Å². The van der Waals surface area contributed by atoms with Crippen molar-refractivity contribution >= 4 is 15.8 Å². The second-order valence-corrected chi connectivity index (χ2v) is 6.28. The molecule has 0 atom stereocenters. The molecule has 2 rings (SSSR count). The highest BCUT2D eigenvalue weighted by Gasteiger charge is 2.22. The average Bonchev–Trinajstić information content (AvgIpc) is 2.84. The molecule has 0 saturated heterocycles. The Morgan fingerprint density at radius 2 is 2.15 bits per heavy atom. The number of rotatable bonds is 5. The Labute approximate surface area is 117 Å². The molecular weight excluding hydrogens is 280 g/mol. The van der Waals surface area contributed by atoms with Gasteiger partial charge in [0.05, 0.1) is 6.54 Å². The number of nitrogens with two attached hydrogens (primary N) is 1. The minimum Gasteiger partial charge on any atom is -0.337 e. The highest BCUT2D eigenvalue weighted by Crippen LogP contribution is 2.16. The lowest BCUT2D eigenvalue weighted by molar-refractivity contribution is 0.451. The highest BCUT2D eigenvalue weighted by molar-refractivity contribution is 7.89. The number of hydrogen-bond acceptors (Lipinski definition) is 6. The highest BCUT2D eigenvalue weighted by atomic mass is 32.2. The Kier molecular flexibility index (Phi) is 4.02. The molecule has 0 aliphatic carbocycles. The molecule has 3 N–H and O–H groups in total. The maximum atomic E-state index is 12.4. The largest absolute Gasteiger partial charge is 0.337 e. The predicted molar refractivity (Wildman–Crippen MR) is 73.9 cm³/mol. The van der Waals surface area contributed by atoms with Crippen LogP contribution in [0, 0.1) is 0 Å². The van der Waals surface area contributed by atoms with Crippen molar-refractivity contribution in [2.24, 2.45) is 12.9 Å². The number of sulfonamides is 1.